The number of piperazine rings is 1. The Hall–Kier alpha value is -2.04. The summed E-state index contributed by atoms with van der Waals surface area (Å²) in [4.78, 5) is 23.8. The third-order valence-electron chi connectivity index (χ3n) is 3.85. The molecule has 106 valence electrons. The van der Waals surface area contributed by atoms with E-state index in [0.717, 1.165) is 42.9 Å². The summed E-state index contributed by atoms with van der Waals surface area (Å²) >= 11 is 0. The Morgan fingerprint density at radius 1 is 1.25 bits per heavy atom. The summed E-state index contributed by atoms with van der Waals surface area (Å²) in [6.45, 7) is 7.23. The molecule has 1 aromatic carbocycles. The standard InChI is InChI=1S/C15H20N4O/c1-11(2)15(20)19-8-6-18(7-9-19)13-5-3-4-12-14(13)17-10-16-12/h3-5,10-11H,6-9H2,1-2H3,(H,16,17). The number of nitrogens with zero attached hydrogens (tertiary/aromatic N) is 3. The number of imidazole rings is 1. The van der Waals surface area contributed by atoms with Crippen molar-refractivity contribution in [2.24, 2.45) is 5.92 Å². The molecule has 2 heterocycles. The van der Waals surface area contributed by atoms with Crippen molar-refractivity contribution in [2.45, 2.75) is 13.8 Å². The number of hydrogen-bond donors (Lipinski definition) is 1. The highest BCUT2D eigenvalue weighted by Gasteiger charge is 2.23. The molecule has 1 aliphatic rings. The fourth-order valence-corrected chi connectivity index (χ4v) is 2.74. The number of para-hydroxylation sites is 1. The zero-order valence-corrected chi connectivity index (χ0v) is 12.0. The van der Waals surface area contributed by atoms with Crippen LogP contribution in [0.4, 0.5) is 5.69 Å². The third-order valence-corrected chi connectivity index (χ3v) is 3.85. The van der Waals surface area contributed by atoms with Crippen LogP contribution in [0.15, 0.2) is 24.5 Å². The van der Waals surface area contributed by atoms with E-state index >= 15 is 0 Å². The maximum atomic E-state index is 12.0. The summed E-state index contributed by atoms with van der Waals surface area (Å²) in [5, 5.41) is 0. The molecule has 5 heteroatoms. The molecule has 0 saturated carbocycles. The summed E-state index contributed by atoms with van der Waals surface area (Å²) in [6.07, 6.45) is 1.73. The lowest BCUT2D eigenvalue weighted by Crippen LogP contribution is -2.50. The van der Waals surface area contributed by atoms with Crippen LogP contribution < -0.4 is 4.90 Å². The second kappa shape index (κ2) is 5.15. The largest absolute Gasteiger partial charge is 0.366 e. The molecule has 2 aromatic rings. The van der Waals surface area contributed by atoms with Gasteiger partial charge in [-0.2, -0.15) is 0 Å². The van der Waals surface area contributed by atoms with Crippen LogP contribution >= 0.6 is 0 Å². The maximum absolute atomic E-state index is 12.0. The van der Waals surface area contributed by atoms with Crippen LogP contribution in [0.25, 0.3) is 11.0 Å². The summed E-state index contributed by atoms with van der Waals surface area (Å²) < 4.78 is 0. The summed E-state index contributed by atoms with van der Waals surface area (Å²) in [6, 6.07) is 6.18. The molecule has 0 unspecified atom stereocenters. The third kappa shape index (κ3) is 2.24. The average Bonchev–Trinajstić information content (AvgIpc) is 2.95. The predicted octanol–water partition coefficient (Wildman–Crippen LogP) is 1.87. The number of benzene rings is 1. The van der Waals surface area contributed by atoms with Gasteiger partial charge in [-0.1, -0.05) is 19.9 Å². The Labute approximate surface area is 118 Å². The van der Waals surface area contributed by atoms with Crippen LogP contribution in [0.1, 0.15) is 13.8 Å². The number of rotatable bonds is 2. The maximum Gasteiger partial charge on any atom is 0.225 e. The van der Waals surface area contributed by atoms with Crippen LogP contribution in [-0.4, -0.2) is 47.0 Å². The van der Waals surface area contributed by atoms with Crippen molar-refractivity contribution in [2.75, 3.05) is 31.1 Å². The molecule has 20 heavy (non-hydrogen) atoms. The van der Waals surface area contributed by atoms with Gasteiger partial charge < -0.3 is 14.8 Å². The smallest absolute Gasteiger partial charge is 0.225 e. The van der Waals surface area contributed by atoms with Crippen molar-refractivity contribution in [3.8, 4) is 0 Å². The second-order valence-electron chi connectivity index (χ2n) is 5.54. The fourth-order valence-electron chi connectivity index (χ4n) is 2.74. The number of nitrogens with one attached hydrogen (secondary N) is 1. The number of hydrogen-bond acceptors (Lipinski definition) is 3. The molecular formula is C15H20N4O. The number of aromatic nitrogens is 2. The van der Waals surface area contributed by atoms with Gasteiger partial charge in [-0.05, 0) is 12.1 Å². The van der Waals surface area contributed by atoms with E-state index in [1.54, 1.807) is 6.33 Å². The molecule has 0 radical (unpaired) electrons. The summed E-state index contributed by atoms with van der Waals surface area (Å²) in [7, 11) is 0. The Morgan fingerprint density at radius 3 is 2.70 bits per heavy atom. The van der Waals surface area contributed by atoms with Gasteiger partial charge in [0.2, 0.25) is 5.91 Å². The van der Waals surface area contributed by atoms with Gasteiger partial charge in [0.15, 0.2) is 0 Å². The molecule has 0 aliphatic carbocycles. The van der Waals surface area contributed by atoms with Gasteiger partial charge in [-0.25, -0.2) is 4.98 Å². The highest BCUT2D eigenvalue weighted by Crippen LogP contribution is 2.25. The first-order valence-corrected chi connectivity index (χ1v) is 7.12. The van der Waals surface area contributed by atoms with E-state index in [9.17, 15) is 4.79 Å². The molecule has 1 aliphatic heterocycles. The Morgan fingerprint density at radius 2 is 2.00 bits per heavy atom. The quantitative estimate of drug-likeness (QED) is 0.908. The van der Waals surface area contributed by atoms with Gasteiger partial charge in [0.1, 0.15) is 5.52 Å². The van der Waals surface area contributed by atoms with Gasteiger partial charge in [0, 0.05) is 32.1 Å². The number of anilines is 1. The number of carbonyl (C=O) groups is 1. The second-order valence-corrected chi connectivity index (χ2v) is 5.54. The van der Waals surface area contributed by atoms with E-state index < -0.39 is 0 Å². The van der Waals surface area contributed by atoms with Crippen LogP contribution in [0.2, 0.25) is 0 Å². The first kappa shape index (κ1) is 13.0. The first-order valence-electron chi connectivity index (χ1n) is 7.12. The molecule has 1 saturated heterocycles. The van der Waals surface area contributed by atoms with Crippen LogP contribution in [0.3, 0.4) is 0 Å². The van der Waals surface area contributed by atoms with Crippen LogP contribution in [0, 0.1) is 5.92 Å². The van der Waals surface area contributed by atoms with Gasteiger partial charge in [0.25, 0.3) is 0 Å². The highest BCUT2D eigenvalue weighted by molar-refractivity contribution is 5.88. The summed E-state index contributed by atoms with van der Waals surface area (Å²) in [5.41, 5.74) is 3.22. The number of amides is 1. The molecule has 0 spiro atoms. The van der Waals surface area contributed by atoms with E-state index in [1.807, 2.05) is 30.9 Å². The zero-order valence-electron chi connectivity index (χ0n) is 12.0. The number of aromatic amines is 1. The van der Waals surface area contributed by atoms with Crippen LogP contribution in [0.5, 0.6) is 0 Å². The zero-order chi connectivity index (χ0) is 14.1. The minimum atomic E-state index is 0.0799. The summed E-state index contributed by atoms with van der Waals surface area (Å²) in [5.74, 6) is 0.332. The van der Waals surface area contributed by atoms with E-state index in [-0.39, 0.29) is 11.8 Å². The van der Waals surface area contributed by atoms with Crippen LogP contribution in [-0.2, 0) is 4.79 Å². The van der Waals surface area contributed by atoms with Crippen molar-refractivity contribution >= 4 is 22.6 Å². The lowest BCUT2D eigenvalue weighted by atomic mass is 10.1. The molecular weight excluding hydrogens is 252 g/mol. The predicted molar refractivity (Wildman–Crippen MR) is 79.7 cm³/mol. The molecule has 1 N–H and O–H groups in total. The van der Waals surface area contributed by atoms with E-state index in [1.165, 1.54) is 0 Å². The normalized spacial score (nSPS) is 16.1. The first-order chi connectivity index (χ1) is 9.66. The van der Waals surface area contributed by atoms with Crippen molar-refractivity contribution < 1.29 is 4.79 Å². The highest BCUT2D eigenvalue weighted by atomic mass is 16.2. The van der Waals surface area contributed by atoms with Gasteiger partial charge in [-0.3, -0.25) is 4.79 Å². The van der Waals surface area contributed by atoms with Gasteiger partial charge in [-0.15, -0.1) is 0 Å². The SMILES string of the molecule is CC(C)C(=O)N1CCN(c2cccc3[nH]cnc23)CC1. The Kier molecular flexibility index (Phi) is 3.34. The van der Waals surface area contributed by atoms with E-state index in [4.69, 9.17) is 0 Å². The van der Waals surface area contributed by atoms with Gasteiger partial charge >= 0.3 is 0 Å². The molecule has 1 fully saturated rings. The monoisotopic (exact) mass is 272 g/mol. The molecule has 0 bridgehead atoms. The number of H-pyrrole nitrogens is 1. The topological polar surface area (TPSA) is 52.2 Å². The molecule has 1 amide bonds. The molecule has 5 nitrogen and oxygen atoms in total. The fraction of sp³-hybridized carbons (Fsp3) is 0.467. The molecule has 3 rings (SSSR count). The minimum absolute atomic E-state index is 0.0799. The van der Waals surface area contributed by atoms with E-state index in [2.05, 4.69) is 20.9 Å². The van der Waals surface area contributed by atoms with E-state index in [0.29, 0.717) is 0 Å². The molecule has 1 aromatic heterocycles. The lowest BCUT2D eigenvalue weighted by molar-refractivity contribution is -0.134. The Bertz CT molecular complexity index is 611. The van der Waals surface area contributed by atoms with Crippen molar-refractivity contribution in [1.82, 2.24) is 14.9 Å². The molecule has 0 atom stereocenters. The average molecular weight is 272 g/mol. The Balaban J connectivity index is 1.75. The lowest BCUT2D eigenvalue weighted by Gasteiger charge is -2.36. The van der Waals surface area contributed by atoms with Crippen molar-refractivity contribution in [3.63, 3.8) is 0 Å². The number of carbonyl (C=O) groups excluding carboxylic acids is 1. The number of fused-ring (bicyclic) bond motifs is 1. The van der Waals surface area contributed by atoms with Crippen molar-refractivity contribution in [1.29, 1.82) is 0 Å². The minimum Gasteiger partial charge on any atom is -0.366 e. The van der Waals surface area contributed by atoms with Gasteiger partial charge in [0.05, 0.1) is 17.5 Å². The van der Waals surface area contributed by atoms with Crippen molar-refractivity contribution in [3.05, 3.63) is 24.5 Å².